The number of anilines is 1. The van der Waals surface area contributed by atoms with E-state index in [0.717, 1.165) is 26.2 Å². The number of piperazine rings is 1. The van der Waals surface area contributed by atoms with Crippen LogP contribution in [0.4, 0.5) is 5.69 Å². The molecule has 0 aromatic heterocycles. The maximum Gasteiger partial charge on any atom is 0.258 e. The number of carbonyl (C=O) groups is 1. The van der Waals surface area contributed by atoms with Crippen LogP contribution in [0.25, 0.3) is 0 Å². The average molecular weight is 411 g/mol. The van der Waals surface area contributed by atoms with Gasteiger partial charge in [0.1, 0.15) is 5.75 Å². The Kier molecular flexibility index (Phi) is 7.71. The molecule has 1 atom stereocenters. The number of aryl methyl sites for hydroxylation is 1. The SMILES string of the molecule is Cc1ccc(OCC(=O)NC[C@H](c2ccc(N(C)C)cc2)N2CCN(C)CC2)cc1. The fourth-order valence-corrected chi connectivity index (χ4v) is 3.63. The summed E-state index contributed by atoms with van der Waals surface area (Å²) in [5.74, 6) is 0.616. The first kappa shape index (κ1) is 22.1. The van der Waals surface area contributed by atoms with E-state index in [4.69, 9.17) is 4.74 Å². The van der Waals surface area contributed by atoms with Crippen LogP contribution in [-0.4, -0.2) is 76.2 Å². The molecular formula is C24H34N4O2. The number of amides is 1. The second-order valence-corrected chi connectivity index (χ2v) is 8.25. The largest absolute Gasteiger partial charge is 0.484 e. The van der Waals surface area contributed by atoms with Gasteiger partial charge in [-0.25, -0.2) is 0 Å². The summed E-state index contributed by atoms with van der Waals surface area (Å²) in [7, 11) is 6.24. The molecule has 6 nitrogen and oxygen atoms in total. The van der Waals surface area contributed by atoms with Crippen molar-refractivity contribution in [1.29, 1.82) is 0 Å². The molecule has 1 aliphatic heterocycles. The molecule has 0 unspecified atom stereocenters. The van der Waals surface area contributed by atoms with Gasteiger partial charge in [-0.2, -0.15) is 0 Å². The van der Waals surface area contributed by atoms with Crippen molar-refractivity contribution >= 4 is 11.6 Å². The highest BCUT2D eigenvalue weighted by Crippen LogP contribution is 2.24. The molecule has 1 aliphatic rings. The van der Waals surface area contributed by atoms with Crippen molar-refractivity contribution in [3.63, 3.8) is 0 Å². The molecule has 30 heavy (non-hydrogen) atoms. The predicted molar refractivity (Wildman–Crippen MR) is 122 cm³/mol. The van der Waals surface area contributed by atoms with Gasteiger partial charge in [0.25, 0.3) is 5.91 Å². The summed E-state index contributed by atoms with van der Waals surface area (Å²) in [6.07, 6.45) is 0. The van der Waals surface area contributed by atoms with Crippen LogP contribution in [0, 0.1) is 6.92 Å². The van der Waals surface area contributed by atoms with E-state index in [9.17, 15) is 4.79 Å². The highest BCUT2D eigenvalue weighted by molar-refractivity contribution is 5.77. The van der Waals surface area contributed by atoms with Gasteiger partial charge >= 0.3 is 0 Å². The maximum atomic E-state index is 12.4. The molecule has 0 saturated carbocycles. The minimum atomic E-state index is -0.0976. The number of nitrogens with one attached hydrogen (secondary N) is 1. The van der Waals surface area contributed by atoms with E-state index in [-0.39, 0.29) is 18.6 Å². The van der Waals surface area contributed by atoms with E-state index in [2.05, 4.69) is 51.3 Å². The van der Waals surface area contributed by atoms with Gasteiger partial charge in [-0.05, 0) is 43.8 Å². The van der Waals surface area contributed by atoms with Crippen LogP contribution in [0.1, 0.15) is 17.2 Å². The fraction of sp³-hybridized carbons (Fsp3) is 0.458. The summed E-state index contributed by atoms with van der Waals surface area (Å²) in [6, 6.07) is 16.5. The first-order chi connectivity index (χ1) is 14.4. The van der Waals surface area contributed by atoms with Crippen molar-refractivity contribution in [3.05, 3.63) is 59.7 Å². The summed E-state index contributed by atoms with van der Waals surface area (Å²) in [5.41, 5.74) is 3.57. The van der Waals surface area contributed by atoms with Gasteiger partial charge in [0.05, 0.1) is 6.04 Å². The molecule has 1 fully saturated rings. The Morgan fingerprint density at radius 2 is 1.67 bits per heavy atom. The number of rotatable bonds is 8. The highest BCUT2D eigenvalue weighted by atomic mass is 16.5. The predicted octanol–water partition coefficient (Wildman–Crippen LogP) is 2.54. The lowest BCUT2D eigenvalue weighted by Crippen LogP contribution is -2.48. The minimum Gasteiger partial charge on any atom is -0.484 e. The molecule has 6 heteroatoms. The standard InChI is InChI=1S/C24H34N4O2/c1-19-5-11-22(12-6-19)30-18-24(29)25-17-23(28-15-13-27(4)14-16-28)20-7-9-21(10-8-20)26(2)3/h5-12,23H,13-18H2,1-4H3,(H,25,29)/t23-/m1/s1. The van der Waals surface area contributed by atoms with Crippen LogP contribution >= 0.6 is 0 Å². The molecule has 0 aliphatic carbocycles. The molecule has 0 spiro atoms. The highest BCUT2D eigenvalue weighted by Gasteiger charge is 2.24. The Labute approximate surface area is 180 Å². The number of hydrogen-bond acceptors (Lipinski definition) is 5. The summed E-state index contributed by atoms with van der Waals surface area (Å²) >= 11 is 0. The van der Waals surface area contributed by atoms with E-state index in [0.29, 0.717) is 12.3 Å². The molecule has 1 amide bonds. The second-order valence-electron chi connectivity index (χ2n) is 8.25. The molecule has 0 radical (unpaired) electrons. The number of carbonyl (C=O) groups excluding carboxylic acids is 1. The van der Waals surface area contributed by atoms with Crippen LogP contribution in [0.15, 0.2) is 48.5 Å². The van der Waals surface area contributed by atoms with E-state index in [1.807, 2.05) is 45.3 Å². The monoisotopic (exact) mass is 410 g/mol. The molecular weight excluding hydrogens is 376 g/mol. The Bertz CT molecular complexity index is 797. The third kappa shape index (κ3) is 6.21. The van der Waals surface area contributed by atoms with Gasteiger partial charge in [-0.1, -0.05) is 29.8 Å². The molecule has 1 saturated heterocycles. The molecule has 0 bridgehead atoms. The van der Waals surface area contributed by atoms with E-state index in [1.165, 1.54) is 16.8 Å². The third-order valence-corrected chi connectivity index (χ3v) is 5.66. The van der Waals surface area contributed by atoms with Gasteiger partial charge in [0.2, 0.25) is 0 Å². The summed E-state index contributed by atoms with van der Waals surface area (Å²) < 4.78 is 5.62. The number of ether oxygens (including phenoxy) is 1. The Balaban J connectivity index is 1.61. The van der Waals surface area contributed by atoms with Crippen LogP contribution in [-0.2, 0) is 4.79 Å². The van der Waals surface area contributed by atoms with Gasteiger partial charge in [-0.15, -0.1) is 0 Å². The molecule has 3 rings (SSSR count). The summed E-state index contributed by atoms with van der Waals surface area (Å²) in [6.45, 7) is 6.69. The number of nitrogens with zero attached hydrogens (tertiary/aromatic N) is 3. The first-order valence-corrected chi connectivity index (χ1v) is 10.6. The molecule has 2 aromatic rings. The van der Waals surface area contributed by atoms with Crippen molar-refractivity contribution in [2.45, 2.75) is 13.0 Å². The van der Waals surface area contributed by atoms with Crippen LogP contribution in [0.5, 0.6) is 5.75 Å². The zero-order valence-corrected chi connectivity index (χ0v) is 18.6. The third-order valence-electron chi connectivity index (χ3n) is 5.66. The molecule has 1 heterocycles. The van der Waals surface area contributed by atoms with E-state index >= 15 is 0 Å². The minimum absolute atomic E-state index is 0.0259. The van der Waals surface area contributed by atoms with Crippen molar-refractivity contribution in [2.24, 2.45) is 0 Å². The number of likely N-dealkylation sites (N-methyl/N-ethyl adjacent to an activating group) is 1. The van der Waals surface area contributed by atoms with Crippen LogP contribution in [0.3, 0.4) is 0 Å². The molecule has 162 valence electrons. The van der Waals surface area contributed by atoms with Gasteiger partial charge < -0.3 is 19.9 Å². The smallest absolute Gasteiger partial charge is 0.258 e. The van der Waals surface area contributed by atoms with Crippen molar-refractivity contribution in [2.75, 3.05) is 65.4 Å². The Morgan fingerprint density at radius 3 is 2.27 bits per heavy atom. The molecule has 2 aromatic carbocycles. The normalized spacial score (nSPS) is 16.1. The van der Waals surface area contributed by atoms with E-state index < -0.39 is 0 Å². The lowest BCUT2D eigenvalue weighted by molar-refractivity contribution is -0.123. The summed E-state index contributed by atoms with van der Waals surface area (Å²) in [4.78, 5) is 19.3. The van der Waals surface area contributed by atoms with E-state index in [1.54, 1.807) is 0 Å². The van der Waals surface area contributed by atoms with Crippen molar-refractivity contribution < 1.29 is 9.53 Å². The molecule has 1 N–H and O–H groups in total. The number of benzene rings is 2. The fourth-order valence-electron chi connectivity index (χ4n) is 3.63. The Hall–Kier alpha value is -2.57. The Morgan fingerprint density at radius 1 is 1.03 bits per heavy atom. The average Bonchev–Trinajstić information content (AvgIpc) is 2.75. The topological polar surface area (TPSA) is 48.1 Å². The number of hydrogen-bond donors (Lipinski definition) is 1. The first-order valence-electron chi connectivity index (χ1n) is 10.6. The zero-order chi connectivity index (χ0) is 21.5. The van der Waals surface area contributed by atoms with Crippen LogP contribution < -0.4 is 15.0 Å². The lowest BCUT2D eigenvalue weighted by Gasteiger charge is -2.38. The van der Waals surface area contributed by atoms with Crippen molar-refractivity contribution in [3.8, 4) is 5.75 Å². The van der Waals surface area contributed by atoms with Gasteiger partial charge in [0.15, 0.2) is 6.61 Å². The van der Waals surface area contributed by atoms with Gasteiger partial charge in [0, 0.05) is 52.5 Å². The second kappa shape index (κ2) is 10.5. The van der Waals surface area contributed by atoms with Crippen LogP contribution in [0.2, 0.25) is 0 Å². The lowest BCUT2D eigenvalue weighted by atomic mass is 10.0. The zero-order valence-electron chi connectivity index (χ0n) is 18.6. The summed E-state index contributed by atoms with van der Waals surface area (Å²) in [5, 5.41) is 3.08. The van der Waals surface area contributed by atoms with Gasteiger partial charge in [-0.3, -0.25) is 9.69 Å². The quantitative estimate of drug-likeness (QED) is 0.725. The maximum absolute atomic E-state index is 12.4. The van der Waals surface area contributed by atoms with Crippen molar-refractivity contribution in [1.82, 2.24) is 15.1 Å².